The number of carboxylic acid groups (broad SMARTS) is 1. The second-order valence-corrected chi connectivity index (χ2v) is 5.50. The van der Waals surface area contributed by atoms with Gasteiger partial charge in [0.15, 0.2) is 0 Å². The van der Waals surface area contributed by atoms with E-state index in [0.29, 0.717) is 29.4 Å². The summed E-state index contributed by atoms with van der Waals surface area (Å²) in [6.45, 7) is 1.10. The monoisotopic (exact) mass is 296 g/mol. The van der Waals surface area contributed by atoms with Crippen molar-refractivity contribution >= 4 is 29.2 Å². The molecule has 3 N–H and O–H groups in total. The normalized spacial score (nSPS) is 18.9. The largest absolute Gasteiger partial charge is 0.481 e. The summed E-state index contributed by atoms with van der Waals surface area (Å²) in [6.07, 6.45) is 1.75. The van der Waals surface area contributed by atoms with Gasteiger partial charge < -0.3 is 15.7 Å². The predicted molar refractivity (Wildman–Crippen MR) is 76.7 cm³/mol. The number of carbonyl (C=O) groups excluding carboxylic acids is 1. The first kappa shape index (κ1) is 14.7. The highest BCUT2D eigenvalue weighted by atomic mass is 35.5. The van der Waals surface area contributed by atoms with Crippen molar-refractivity contribution in [2.75, 3.05) is 18.8 Å². The Morgan fingerprint density at radius 1 is 1.45 bits per heavy atom. The number of benzene rings is 1. The SMILES string of the molecule is Nc1ccc(C(=O)N2CCC[C@@H](CC(=O)O)C2)c(Cl)c1. The molecule has 5 nitrogen and oxygen atoms in total. The topological polar surface area (TPSA) is 83.6 Å². The van der Waals surface area contributed by atoms with Crippen LogP contribution in [0.25, 0.3) is 0 Å². The van der Waals surface area contributed by atoms with E-state index < -0.39 is 5.97 Å². The molecule has 0 radical (unpaired) electrons. The maximum Gasteiger partial charge on any atom is 0.303 e. The van der Waals surface area contributed by atoms with Crippen LogP contribution in [0, 0.1) is 5.92 Å². The number of rotatable bonds is 3. The molecule has 1 atom stereocenters. The quantitative estimate of drug-likeness (QED) is 0.838. The number of carboxylic acids is 1. The Kier molecular flexibility index (Phi) is 4.49. The first-order valence-electron chi connectivity index (χ1n) is 6.53. The maximum atomic E-state index is 12.4. The summed E-state index contributed by atoms with van der Waals surface area (Å²) in [7, 11) is 0. The van der Waals surface area contributed by atoms with Gasteiger partial charge in [0.25, 0.3) is 5.91 Å². The molecule has 0 spiro atoms. The van der Waals surface area contributed by atoms with Crippen molar-refractivity contribution in [3.63, 3.8) is 0 Å². The van der Waals surface area contributed by atoms with E-state index >= 15 is 0 Å². The number of nitrogens with zero attached hydrogens (tertiary/aromatic N) is 1. The summed E-state index contributed by atoms with van der Waals surface area (Å²) < 4.78 is 0. The minimum absolute atomic E-state index is 0.0118. The van der Waals surface area contributed by atoms with Crippen LogP contribution in [-0.4, -0.2) is 35.0 Å². The van der Waals surface area contributed by atoms with Gasteiger partial charge in [-0.05, 0) is 37.0 Å². The lowest BCUT2D eigenvalue weighted by Crippen LogP contribution is -2.40. The Balaban J connectivity index is 2.10. The van der Waals surface area contributed by atoms with Crippen LogP contribution >= 0.6 is 11.6 Å². The number of aliphatic carboxylic acids is 1. The molecular weight excluding hydrogens is 280 g/mol. The van der Waals surface area contributed by atoms with Gasteiger partial charge in [0.05, 0.1) is 10.6 Å². The van der Waals surface area contributed by atoms with Crippen molar-refractivity contribution in [1.29, 1.82) is 0 Å². The van der Waals surface area contributed by atoms with Crippen LogP contribution in [0.1, 0.15) is 29.6 Å². The first-order chi connectivity index (χ1) is 9.47. The van der Waals surface area contributed by atoms with Gasteiger partial charge >= 0.3 is 5.97 Å². The fourth-order valence-corrected chi connectivity index (χ4v) is 2.81. The summed E-state index contributed by atoms with van der Waals surface area (Å²) in [5, 5.41) is 9.17. The van der Waals surface area contributed by atoms with Crippen LogP contribution in [0.5, 0.6) is 0 Å². The van der Waals surface area contributed by atoms with Crippen molar-refractivity contribution in [1.82, 2.24) is 4.90 Å². The zero-order valence-corrected chi connectivity index (χ0v) is 11.8. The van der Waals surface area contributed by atoms with Crippen LogP contribution in [0.2, 0.25) is 5.02 Å². The number of piperidine rings is 1. The molecule has 1 aromatic rings. The zero-order chi connectivity index (χ0) is 14.7. The Bertz CT molecular complexity index is 533. The molecular formula is C14H17ClN2O3. The predicted octanol–water partition coefficient (Wildman–Crippen LogP) is 2.25. The fraction of sp³-hybridized carbons (Fsp3) is 0.429. The molecule has 1 amide bonds. The number of hydrogen-bond donors (Lipinski definition) is 2. The van der Waals surface area contributed by atoms with Crippen molar-refractivity contribution in [2.24, 2.45) is 5.92 Å². The molecule has 0 aromatic heterocycles. The van der Waals surface area contributed by atoms with Crippen LogP contribution in [0.15, 0.2) is 18.2 Å². The van der Waals surface area contributed by atoms with Gasteiger partial charge in [0, 0.05) is 25.2 Å². The summed E-state index contributed by atoms with van der Waals surface area (Å²) in [5.41, 5.74) is 6.53. The molecule has 1 heterocycles. The maximum absolute atomic E-state index is 12.4. The lowest BCUT2D eigenvalue weighted by atomic mass is 9.94. The van der Waals surface area contributed by atoms with E-state index in [-0.39, 0.29) is 18.2 Å². The van der Waals surface area contributed by atoms with Crippen molar-refractivity contribution < 1.29 is 14.7 Å². The minimum Gasteiger partial charge on any atom is -0.481 e. The van der Waals surface area contributed by atoms with Gasteiger partial charge in [0.1, 0.15) is 0 Å². The smallest absolute Gasteiger partial charge is 0.303 e. The van der Waals surface area contributed by atoms with E-state index in [0.717, 1.165) is 12.8 Å². The third-order valence-electron chi connectivity index (χ3n) is 3.49. The van der Waals surface area contributed by atoms with Crippen LogP contribution in [-0.2, 0) is 4.79 Å². The molecule has 1 aliphatic rings. The number of nitrogen functional groups attached to an aromatic ring is 1. The zero-order valence-electron chi connectivity index (χ0n) is 11.0. The number of carbonyl (C=O) groups is 2. The fourth-order valence-electron chi connectivity index (χ4n) is 2.54. The van der Waals surface area contributed by atoms with Crippen molar-refractivity contribution in [3.8, 4) is 0 Å². The lowest BCUT2D eigenvalue weighted by molar-refractivity contribution is -0.138. The summed E-state index contributed by atoms with van der Waals surface area (Å²) in [4.78, 5) is 24.9. The standard InChI is InChI=1S/C14H17ClN2O3/c15-12-7-10(16)3-4-11(12)14(20)17-5-1-2-9(8-17)6-13(18)19/h3-4,7,9H,1-2,5-6,8,16H2,(H,18,19)/t9-/m0/s1. The molecule has 6 heteroatoms. The average molecular weight is 297 g/mol. The third kappa shape index (κ3) is 3.42. The van der Waals surface area contributed by atoms with Crippen LogP contribution < -0.4 is 5.73 Å². The summed E-state index contributed by atoms with van der Waals surface area (Å²) in [5.74, 6) is -0.974. The number of amides is 1. The number of halogens is 1. The molecule has 0 aliphatic carbocycles. The van der Waals surface area contributed by atoms with E-state index in [4.69, 9.17) is 22.4 Å². The second-order valence-electron chi connectivity index (χ2n) is 5.10. The Morgan fingerprint density at radius 2 is 2.20 bits per heavy atom. The first-order valence-corrected chi connectivity index (χ1v) is 6.91. The molecule has 0 bridgehead atoms. The second kappa shape index (κ2) is 6.13. The highest BCUT2D eigenvalue weighted by Gasteiger charge is 2.26. The molecule has 1 aliphatic heterocycles. The number of hydrogen-bond acceptors (Lipinski definition) is 3. The van der Waals surface area contributed by atoms with Crippen LogP contribution in [0.4, 0.5) is 5.69 Å². The van der Waals surface area contributed by atoms with Gasteiger partial charge in [-0.1, -0.05) is 11.6 Å². The Hall–Kier alpha value is -1.75. The molecule has 1 aromatic carbocycles. The Labute approximate surface area is 122 Å². The van der Waals surface area contributed by atoms with E-state index in [1.54, 1.807) is 23.1 Å². The Morgan fingerprint density at radius 3 is 2.85 bits per heavy atom. The van der Waals surface area contributed by atoms with E-state index in [9.17, 15) is 9.59 Å². The molecule has 20 heavy (non-hydrogen) atoms. The molecule has 2 rings (SSSR count). The molecule has 1 saturated heterocycles. The van der Waals surface area contributed by atoms with Crippen LogP contribution in [0.3, 0.4) is 0 Å². The third-order valence-corrected chi connectivity index (χ3v) is 3.81. The highest BCUT2D eigenvalue weighted by molar-refractivity contribution is 6.34. The number of anilines is 1. The van der Waals surface area contributed by atoms with Crippen molar-refractivity contribution in [3.05, 3.63) is 28.8 Å². The van der Waals surface area contributed by atoms with Gasteiger partial charge in [-0.15, -0.1) is 0 Å². The summed E-state index contributed by atoms with van der Waals surface area (Å²) >= 11 is 6.04. The molecule has 0 unspecified atom stereocenters. The lowest BCUT2D eigenvalue weighted by Gasteiger charge is -2.32. The average Bonchev–Trinajstić information content (AvgIpc) is 2.37. The summed E-state index contributed by atoms with van der Waals surface area (Å²) in [6, 6.07) is 4.80. The van der Waals surface area contributed by atoms with Gasteiger partial charge in [-0.3, -0.25) is 9.59 Å². The highest BCUT2D eigenvalue weighted by Crippen LogP contribution is 2.25. The van der Waals surface area contributed by atoms with Gasteiger partial charge in [-0.2, -0.15) is 0 Å². The molecule has 1 fully saturated rings. The van der Waals surface area contributed by atoms with E-state index in [1.807, 2.05) is 0 Å². The van der Waals surface area contributed by atoms with E-state index in [1.165, 1.54) is 0 Å². The molecule has 108 valence electrons. The van der Waals surface area contributed by atoms with Crippen molar-refractivity contribution in [2.45, 2.75) is 19.3 Å². The van der Waals surface area contributed by atoms with Gasteiger partial charge in [-0.25, -0.2) is 0 Å². The van der Waals surface area contributed by atoms with E-state index in [2.05, 4.69) is 0 Å². The minimum atomic E-state index is -0.824. The number of likely N-dealkylation sites (tertiary alicyclic amines) is 1. The molecule has 0 saturated carbocycles. The van der Waals surface area contributed by atoms with Gasteiger partial charge in [0.2, 0.25) is 0 Å². The number of nitrogens with two attached hydrogens (primary N) is 1.